The lowest BCUT2D eigenvalue weighted by Crippen LogP contribution is -2.71. The summed E-state index contributed by atoms with van der Waals surface area (Å²) < 4.78 is 9.47. The van der Waals surface area contributed by atoms with Gasteiger partial charge in [-0.05, 0) is 0 Å². The van der Waals surface area contributed by atoms with Crippen molar-refractivity contribution in [1.82, 2.24) is 0 Å². The molecule has 0 radical (unpaired) electrons. The van der Waals surface area contributed by atoms with E-state index in [9.17, 15) is 20.1 Å². The first-order valence-corrected chi connectivity index (χ1v) is 4.64. The van der Waals surface area contributed by atoms with E-state index in [1.807, 2.05) is 0 Å². The number of hydrogen-bond acceptors (Lipinski definition) is 8. The van der Waals surface area contributed by atoms with Crippen LogP contribution in [0.3, 0.4) is 0 Å². The summed E-state index contributed by atoms with van der Waals surface area (Å²) in [7, 11) is 0. The van der Waals surface area contributed by atoms with Crippen molar-refractivity contribution < 1.29 is 34.7 Å². The summed E-state index contributed by atoms with van der Waals surface area (Å²) in [4.78, 5) is 11.3. The van der Waals surface area contributed by atoms with Gasteiger partial charge < -0.3 is 29.9 Å². The molecule has 0 unspecified atom stereocenters. The van der Waals surface area contributed by atoms with Crippen molar-refractivity contribution in [3.05, 3.63) is 0 Å². The van der Waals surface area contributed by atoms with Gasteiger partial charge in [-0.15, -0.1) is 0 Å². The average molecular weight is 235 g/mol. The molecule has 2 rings (SSSR count). The molecule has 0 aromatic carbocycles. The van der Waals surface area contributed by atoms with Crippen LogP contribution in [0.25, 0.3) is 0 Å². The van der Waals surface area contributed by atoms with Gasteiger partial charge in [0.05, 0.1) is 6.61 Å². The summed E-state index contributed by atoms with van der Waals surface area (Å²) in [5, 5.41) is 38.1. The number of ether oxygens (including phenoxy) is 2. The van der Waals surface area contributed by atoms with Gasteiger partial charge in [0.15, 0.2) is 5.78 Å². The molecule has 0 aliphatic carbocycles. The molecule has 0 aromatic heterocycles. The first-order valence-electron chi connectivity index (χ1n) is 4.64. The number of Topliss-reactive ketones (excluding diaryl/α,β-unsaturated/α-hetero) is 1. The topological polar surface area (TPSA) is 146 Å². The third kappa shape index (κ3) is 1.04. The van der Waals surface area contributed by atoms with Gasteiger partial charge in [-0.3, -0.25) is 10.5 Å². The monoisotopic (exact) mass is 235 g/mol. The molecular formula is C8H13NO7. The first-order chi connectivity index (χ1) is 7.23. The highest BCUT2D eigenvalue weighted by Crippen LogP contribution is 2.56. The average Bonchev–Trinajstić information content (AvgIpc) is 2.79. The van der Waals surface area contributed by atoms with Crippen LogP contribution in [0, 0.1) is 0 Å². The Balaban J connectivity index is 2.41. The van der Waals surface area contributed by atoms with Crippen LogP contribution in [-0.4, -0.2) is 62.3 Å². The summed E-state index contributed by atoms with van der Waals surface area (Å²) >= 11 is 0. The van der Waals surface area contributed by atoms with E-state index in [1.54, 1.807) is 0 Å². The first kappa shape index (κ1) is 11.9. The number of ketones is 1. The summed E-state index contributed by atoms with van der Waals surface area (Å²) in [6.45, 7) is 0.279. The molecule has 0 bridgehead atoms. The van der Waals surface area contributed by atoms with Crippen molar-refractivity contribution >= 4 is 5.78 Å². The van der Waals surface area contributed by atoms with Gasteiger partial charge in [0.25, 0.3) is 5.79 Å². The highest BCUT2D eigenvalue weighted by molar-refractivity contribution is 5.85. The van der Waals surface area contributed by atoms with Crippen LogP contribution in [-0.2, 0) is 14.3 Å². The van der Waals surface area contributed by atoms with E-state index in [2.05, 4.69) is 4.74 Å². The molecule has 2 aliphatic rings. The van der Waals surface area contributed by atoms with E-state index in [4.69, 9.17) is 15.6 Å². The summed E-state index contributed by atoms with van der Waals surface area (Å²) in [5.74, 6) is -5.77. The zero-order valence-corrected chi connectivity index (χ0v) is 8.45. The molecule has 8 nitrogen and oxygen atoms in total. The minimum atomic E-state index is -2.59. The lowest BCUT2D eigenvalue weighted by Gasteiger charge is -2.40. The number of aliphatic hydroxyl groups excluding tert-OH is 2. The Morgan fingerprint density at radius 1 is 1.50 bits per heavy atom. The van der Waals surface area contributed by atoms with E-state index < -0.39 is 41.9 Å². The molecule has 92 valence electrons. The number of fused-ring (bicyclic) bond motifs is 1. The Morgan fingerprint density at radius 3 is 2.50 bits per heavy atom. The maximum Gasteiger partial charge on any atom is 0.276 e. The van der Waals surface area contributed by atoms with E-state index in [1.165, 1.54) is 0 Å². The zero-order valence-electron chi connectivity index (χ0n) is 8.45. The van der Waals surface area contributed by atoms with Crippen LogP contribution in [0.1, 0.15) is 6.92 Å². The standard InChI is InChI=1S/C8H13NO7/c1-3(11)6(13)8(9)7(14,16-8)5(12)4(2-10)15-6/h4-5,10,12-14H,2,9H2,1H3/t4-,5-,6+,7-,8-/m1/s1. The predicted octanol–water partition coefficient (Wildman–Crippen LogP) is -3.61. The van der Waals surface area contributed by atoms with Crippen molar-refractivity contribution in [3.8, 4) is 0 Å². The molecule has 2 saturated heterocycles. The Hall–Kier alpha value is -0.610. The maximum absolute atomic E-state index is 11.3. The summed E-state index contributed by atoms with van der Waals surface area (Å²) in [5.41, 5.74) is 3.25. The molecule has 2 heterocycles. The lowest BCUT2D eigenvalue weighted by molar-refractivity contribution is -0.297. The summed E-state index contributed by atoms with van der Waals surface area (Å²) in [6, 6.07) is 0. The van der Waals surface area contributed by atoms with Gasteiger partial charge in [-0.2, -0.15) is 0 Å². The molecule has 0 amide bonds. The van der Waals surface area contributed by atoms with Gasteiger partial charge in [0.1, 0.15) is 12.2 Å². The van der Waals surface area contributed by atoms with Crippen LogP contribution >= 0.6 is 0 Å². The number of aliphatic hydroxyl groups is 4. The van der Waals surface area contributed by atoms with Gasteiger partial charge >= 0.3 is 0 Å². The second-order valence-electron chi connectivity index (χ2n) is 4.02. The van der Waals surface area contributed by atoms with Gasteiger partial charge in [-0.1, -0.05) is 0 Å². The number of hydrogen-bond donors (Lipinski definition) is 5. The van der Waals surface area contributed by atoms with Crippen molar-refractivity contribution in [3.63, 3.8) is 0 Å². The Bertz CT molecular complexity index is 349. The number of epoxide rings is 1. The molecule has 2 aliphatic heterocycles. The fraction of sp³-hybridized carbons (Fsp3) is 0.875. The van der Waals surface area contributed by atoms with Crippen molar-refractivity contribution in [2.75, 3.05) is 6.61 Å². The van der Waals surface area contributed by atoms with E-state index in [0.717, 1.165) is 6.92 Å². The smallest absolute Gasteiger partial charge is 0.276 e. The number of nitrogens with two attached hydrogens (primary N) is 1. The maximum atomic E-state index is 11.3. The zero-order chi connectivity index (χ0) is 12.4. The van der Waals surface area contributed by atoms with Crippen molar-refractivity contribution in [2.45, 2.75) is 36.4 Å². The Kier molecular flexibility index (Phi) is 2.21. The fourth-order valence-electron chi connectivity index (χ4n) is 1.92. The lowest BCUT2D eigenvalue weighted by atomic mass is 9.89. The summed E-state index contributed by atoms with van der Waals surface area (Å²) in [6.07, 6.45) is -3.01. The molecule has 0 saturated carbocycles. The normalized spacial score (nSPS) is 55.6. The SMILES string of the molecule is CC(=O)[C@]1(O)O[C@H](CO)[C@@H](O)[C@@]2(O)O[C@]12N. The second-order valence-corrected chi connectivity index (χ2v) is 4.02. The van der Waals surface area contributed by atoms with E-state index >= 15 is 0 Å². The molecule has 16 heavy (non-hydrogen) atoms. The van der Waals surface area contributed by atoms with Crippen molar-refractivity contribution in [2.24, 2.45) is 5.73 Å². The Labute approximate surface area is 90.2 Å². The highest BCUT2D eigenvalue weighted by atomic mass is 16.8. The van der Waals surface area contributed by atoms with Gasteiger partial charge in [0.2, 0.25) is 11.5 Å². The van der Waals surface area contributed by atoms with Gasteiger partial charge in [-0.25, -0.2) is 0 Å². The Morgan fingerprint density at radius 2 is 2.06 bits per heavy atom. The molecule has 8 heteroatoms. The van der Waals surface area contributed by atoms with Gasteiger partial charge in [0, 0.05) is 6.92 Å². The van der Waals surface area contributed by atoms with E-state index in [-0.39, 0.29) is 0 Å². The number of rotatable bonds is 2. The molecule has 2 fully saturated rings. The van der Waals surface area contributed by atoms with Crippen LogP contribution in [0.5, 0.6) is 0 Å². The molecule has 6 N–H and O–H groups in total. The third-order valence-corrected chi connectivity index (χ3v) is 3.04. The second kappa shape index (κ2) is 2.99. The van der Waals surface area contributed by atoms with E-state index in [0.29, 0.717) is 0 Å². The van der Waals surface area contributed by atoms with Crippen LogP contribution in [0.15, 0.2) is 0 Å². The largest absolute Gasteiger partial charge is 0.394 e. The molecule has 0 aromatic rings. The van der Waals surface area contributed by atoms with Crippen LogP contribution < -0.4 is 5.73 Å². The predicted molar refractivity (Wildman–Crippen MR) is 46.5 cm³/mol. The minimum Gasteiger partial charge on any atom is -0.394 e. The quantitative estimate of drug-likeness (QED) is 0.308. The van der Waals surface area contributed by atoms with Crippen molar-refractivity contribution in [1.29, 1.82) is 0 Å². The molecular weight excluding hydrogens is 222 g/mol. The highest BCUT2D eigenvalue weighted by Gasteiger charge is 2.87. The molecule has 5 atom stereocenters. The van der Waals surface area contributed by atoms with Crippen LogP contribution in [0.2, 0.25) is 0 Å². The fourth-order valence-corrected chi connectivity index (χ4v) is 1.92. The number of carbonyl (C=O) groups excluding carboxylic acids is 1. The minimum absolute atomic E-state index is 0.710. The van der Waals surface area contributed by atoms with Crippen LogP contribution in [0.4, 0.5) is 0 Å². The molecule has 0 spiro atoms. The third-order valence-electron chi connectivity index (χ3n) is 3.04. The number of carbonyl (C=O) groups is 1.